The molecule has 0 saturated heterocycles. The summed E-state index contributed by atoms with van der Waals surface area (Å²) in [7, 11) is 0. The summed E-state index contributed by atoms with van der Waals surface area (Å²) in [6, 6.07) is 12.8. The first-order valence-electron chi connectivity index (χ1n) is 5.27. The van der Waals surface area contributed by atoms with Crippen molar-refractivity contribution in [2.45, 2.75) is 6.92 Å². The summed E-state index contributed by atoms with van der Waals surface area (Å²) in [6.45, 7) is 2.02. The molecule has 83 valence electrons. The van der Waals surface area contributed by atoms with Gasteiger partial charge in [-0.3, -0.25) is 0 Å². The molecule has 0 unspecified atom stereocenters. The minimum atomic E-state index is 0.823. The van der Waals surface area contributed by atoms with Gasteiger partial charge in [0, 0.05) is 18.0 Å². The van der Waals surface area contributed by atoms with Gasteiger partial charge in [-0.15, -0.1) is 11.3 Å². The zero-order chi connectivity index (χ0) is 11.7. The van der Waals surface area contributed by atoms with Gasteiger partial charge in [-0.25, -0.2) is 9.97 Å². The first-order chi connectivity index (χ1) is 8.31. The molecule has 1 radical (unpaired) electrons. The Hall–Kier alpha value is -1.94. The molecule has 2 aromatic heterocycles. The van der Waals surface area contributed by atoms with Crippen LogP contribution in [-0.4, -0.2) is 9.97 Å². The van der Waals surface area contributed by atoms with Crippen molar-refractivity contribution in [3.8, 4) is 0 Å². The molecule has 0 spiro atoms. The largest absolute Gasteiger partial charge is 0.340 e. The lowest BCUT2D eigenvalue weighted by atomic mass is 10.3. The standard InChI is InChI=1S/C13H10N3S/c1-9-15-11-6-5-10(8-12(11)17-9)16-13-4-2-3-7-14-13/h2,4-8H,1H3,(H,14,16). The summed E-state index contributed by atoms with van der Waals surface area (Å²) < 4.78 is 1.19. The minimum absolute atomic E-state index is 0.823. The molecule has 1 aromatic carbocycles. The fraction of sp³-hybridized carbons (Fsp3) is 0.0769. The summed E-state index contributed by atoms with van der Waals surface area (Å²) in [5.41, 5.74) is 2.08. The number of anilines is 2. The smallest absolute Gasteiger partial charge is 0.130 e. The molecule has 0 bridgehead atoms. The van der Waals surface area contributed by atoms with Crippen molar-refractivity contribution in [3.05, 3.63) is 47.6 Å². The van der Waals surface area contributed by atoms with Gasteiger partial charge in [-0.05, 0) is 37.3 Å². The van der Waals surface area contributed by atoms with Crippen molar-refractivity contribution in [1.82, 2.24) is 9.97 Å². The van der Waals surface area contributed by atoms with Gasteiger partial charge < -0.3 is 5.32 Å². The predicted octanol–water partition coefficient (Wildman–Crippen LogP) is 3.54. The molecule has 0 aliphatic rings. The highest BCUT2D eigenvalue weighted by atomic mass is 32.1. The molecule has 4 heteroatoms. The summed E-state index contributed by atoms with van der Waals surface area (Å²) in [6.07, 6.45) is 1.65. The van der Waals surface area contributed by atoms with Gasteiger partial charge in [-0.2, -0.15) is 0 Å². The molecule has 3 nitrogen and oxygen atoms in total. The fourth-order valence-electron chi connectivity index (χ4n) is 1.66. The van der Waals surface area contributed by atoms with Crippen molar-refractivity contribution >= 4 is 33.1 Å². The average Bonchev–Trinajstić information content (AvgIpc) is 2.70. The maximum atomic E-state index is 4.43. The number of benzene rings is 1. The quantitative estimate of drug-likeness (QED) is 0.744. The SMILES string of the molecule is Cc1nc2ccc(Nc3cc[c]cn3)cc2s1. The van der Waals surface area contributed by atoms with E-state index in [4.69, 9.17) is 0 Å². The third kappa shape index (κ3) is 2.12. The van der Waals surface area contributed by atoms with Gasteiger partial charge in [0.1, 0.15) is 5.82 Å². The highest BCUT2D eigenvalue weighted by molar-refractivity contribution is 7.18. The number of fused-ring (bicyclic) bond motifs is 1. The van der Waals surface area contributed by atoms with Gasteiger partial charge >= 0.3 is 0 Å². The molecule has 3 aromatic rings. The Labute approximate surface area is 103 Å². The molecular weight excluding hydrogens is 230 g/mol. The number of nitrogens with zero attached hydrogens (tertiary/aromatic N) is 2. The zero-order valence-corrected chi connectivity index (χ0v) is 10.1. The number of aromatic nitrogens is 2. The van der Waals surface area contributed by atoms with E-state index in [0.717, 1.165) is 22.0 Å². The van der Waals surface area contributed by atoms with Crippen LogP contribution in [0.1, 0.15) is 5.01 Å². The van der Waals surface area contributed by atoms with E-state index in [0.29, 0.717) is 0 Å². The van der Waals surface area contributed by atoms with Crippen LogP contribution in [0.4, 0.5) is 11.5 Å². The van der Waals surface area contributed by atoms with Crippen molar-refractivity contribution in [2.75, 3.05) is 5.32 Å². The first-order valence-corrected chi connectivity index (χ1v) is 6.09. The van der Waals surface area contributed by atoms with Crippen LogP contribution in [0.25, 0.3) is 10.2 Å². The number of thiazole rings is 1. The Morgan fingerprint density at radius 1 is 1.29 bits per heavy atom. The van der Waals surface area contributed by atoms with Crippen molar-refractivity contribution in [3.63, 3.8) is 0 Å². The second-order valence-electron chi connectivity index (χ2n) is 3.68. The van der Waals surface area contributed by atoms with Gasteiger partial charge in [0.2, 0.25) is 0 Å². The molecule has 0 aliphatic carbocycles. The monoisotopic (exact) mass is 240 g/mol. The van der Waals surface area contributed by atoms with Gasteiger partial charge in [-0.1, -0.05) is 0 Å². The highest BCUT2D eigenvalue weighted by Crippen LogP contribution is 2.25. The molecule has 17 heavy (non-hydrogen) atoms. The van der Waals surface area contributed by atoms with Crippen LogP contribution < -0.4 is 5.32 Å². The zero-order valence-electron chi connectivity index (χ0n) is 9.27. The van der Waals surface area contributed by atoms with E-state index in [1.807, 2.05) is 31.2 Å². The third-order valence-electron chi connectivity index (χ3n) is 2.38. The third-order valence-corrected chi connectivity index (χ3v) is 3.32. The van der Waals surface area contributed by atoms with E-state index in [9.17, 15) is 0 Å². The second kappa shape index (κ2) is 4.14. The molecule has 0 atom stereocenters. The van der Waals surface area contributed by atoms with Crippen LogP contribution >= 0.6 is 11.3 Å². The first kappa shape index (κ1) is 10.2. The Bertz CT molecular complexity index is 646. The normalized spacial score (nSPS) is 10.6. The van der Waals surface area contributed by atoms with Crippen LogP contribution in [0.5, 0.6) is 0 Å². The molecule has 0 amide bonds. The molecule has 0 aliphatic heterocycles. The summed E-state index contributed by atoms with van der Waals surface area (Å²) in [5, 5.41) is 4.34. The van der Waals surface area contributed by atoms with Crippen molar-refractivity contribution < 1.29 is 0 Å². The predicted molar refractivity (Wildman–Crippen MR) is 70.7 cm³/mol. The molecule has 3 rings (SSSR count). The maximum absolute atomic E-state index is 4.43. The lowest BCUT2D eigenvalue weighted by Crippen LogP contribution is -1.91. The number of hydrogen-bond donors (Lipinski definition) is 1. The number of hydrogen-bond acceptors (Lipinski definition) is 4. The summed E-state index contributed by atoms with van der Waals surface area (Å²) in [5.74, 6) is 0.823. The van der Waals surface area contributed by atoms with Crippen LogP contribution in [0.15, 0.2) is 36.5 Å². The van der Waals surface area contributed by atoms with Crippen LogP contribution in [-0.2, 0) is 0 Å². The van der Waals surface area contributed by atoms with Gasteiger partial charge in [0.15, 0.2) is 0 Å². The molecule has 1 N–H and O–H groups in total. The lowest BCUT2D eigenvalue weighted by molar-refractivity contribution is 1.30. The van der Waals surface area contributed by atoms with E-state index >= 15 is 0 Å². The molecule has 2 heterocycles. The number of aryl methyl sites for hydroxylation is 1. The Balaban J connectivity index is 1.95. The van der Waals surface area contributed by atoms with Crippen molar-refractivity contribution in [1.29, 1.82) is 0 Å². The Kier molecular flexibility index (Phi) is 2.49. The Morgan fingerprint density at radius 3 is 3.06 bits per heavy atom. The number of rotatable bonds is 2. The minimum Gasteiger partial charge on any atom is -0.340 e. The molecule has 0 fully saturated rings. The van der Waals surface area contributed by atoms with Crippen LogP contribution in [0.2, 0.25) is 0 Å². The molecule has 0 saturated carbocycles. The van der Waals surface area contributed by atoms with E-state index in [1.165, 1.54) is 4.70 Å². The fourth-order valence-corrected chi connectivity index (χ4v) is 2.53. The summed E-state index contributed by atoms with van der Waals surface area (Å²) >= 11 is 1.70. The number of pyridine rings is 1. The van der Waals surface area contributed by atoms with E-state index in [2.05, 4.69) is 27.4 Å². The van der Waals surface area contributed by atoms with Crippen molar-refractivity contribution in [2.24, 2.45) is 0 Å². The lowest BCUT2D eigenvalue weighted by Gasteiger charge is -2.04. The Morgan fingerprint density at radius 2 is 2.24 bits per heavy atom. The van der Waals surface area contributed by atoms with E-state index in [-0.39, 0.29) is 0 Å². The molecular formula is C13H10N3S. The maximum Gasteiger partial charge on any atom is 0.130 e. The van der Waals surface area contributed by atoms with Crippen LogP contribution in [0, 0.1) is 13.0 Å². The topological polar surface area (TPSA) is 37.8 Å². The second-order valence-corrected chi connectivity index (χ2v) is 4.92. The van der Waals surface area contributed by atoms with E-state index < -0.39 is 0 Å². The van der Waals surface area contributed by atoms with E-state index in [1.54, 1.807) is 17.5 Å². The number of nitrogens with one attached hydrogen (secondary N) is 1. The van der Waals surface area contributed by atoms with Gasteiger partial charge in [0.05, 0.1) is 15.2 Å². The average molecular weight is 240 g/mol. The summed E-state index contributed by atoms with van der Waals surface area (Å²) in [4.78, 5) is 8.61. The van der Waals surface area contributed by atoms with Crippen LogP contribution in [0.3, 0.4) is 0 Å². The van der Waals surface area contributed by atoms with Gasteiger partial charge in [0.25, 0.3) is 0 Å². The highest BCUT2D eigenvalue weighted by Gasteiger charge is 2.02.